The molecule has 0 saturated carbocycles. The molecule has 1 amide bonds. The number of carbonyl (C=O) groups is 1. The molecular weight excluding hydrogens is 378 g/mol. The summed E-state index contributed by atoms with van der Waals surface area (Å²) in [4.78, 5) is 24.6. The molecule has 0 atom stereocenters. The number of hydrogen-bond donors (Lipinski definition) is 1. The van der Waals surface area contributed by atoms with Crippen LogP contribution >= 0.6 is 0 Å². The van der Waals surface area contributed by atoms with Crippen molar-refractivity contribution < 1.29 is 22.4 Å². The van der Waals surface area contributed by atoms with Gasteiger partial charge in [-0.3, -0.25) is 9.59 Å². The molecule has 0 bridgehead atoms. The highest BCUT2D eigenvalue weighted by molar-refractivity contribution is 6.02. The molecular formula is C19H13F4N3O2. The van der Waals surface area contributed by atoms with Crippen LogP contribution in [0.4, 0.5) is 23.2 Å². The number of anilines is 1. The van der Waals surface area contributed by atoms with E-state index in [-0.39, 0.29) is 17.1 Å². The summed E-state index contributed by atoms with van der Waals surface area (Å²) >= 11 is 0. The molecule has 0 aliphatic rings. The first-order valence-electron chi connectivity index (χ1n) is 8.01. The molecule has 28 heavy (non-hydrogen) atoms. The van der Waals surface area contributed by atoms with Crippen LogP contribution in [0.1, 0.15) is 21.7 Å². The van der Waals surface area contributed by atoms with E-state index in [4.69, 9.17) is 0 Å². The van der Waals surface area contributed by atoms with Crippen molar-refractivity contribution in [2.45, 2.75) is 13.1 Å². The Balaban J connectivity index is 2.06. The Morgan fingerprint density at radius 3 is 2.36 bits per heavy atom. The lowest BCUT2D eigenvalue weighted by Gasteiger charge is -2.16. The third kappa shape index (κ3) is 3.93. The van der Waals surface area contributed by atoms with Gasteiger partial charge < -0.3 is 5.32 Å². The van der Waals surface area contributed by atoms with Crippen LogP contribution in [0.5, 0.6) is 0 Å². The van der Waals surface area contributed by atoms with Crippen molar-refractivity contribution in [1.82, 2.24) is 9.78 Å². The SMILES string of the molecule is Cc1cc(=O)c(C(=O)Nc2ccc(F)cc2)nn1-c1ccccc1C(F)(F)F. The lowest BCUT2D eigenvalue weighted by molar-refractivity contribution is -0.137. The highest BCUT2D eigenvalue weighted by atomic mass is 19.4. The van der Waals surface area contributed by atoms with Crippen molar-refractivity contribution >= 4 is 11.6 Å². The average Bonchev–Trinajstić information content (AvgIpc) is 2.63. The second-order valence-electron chi connectivity index (χ2n) is 5.89. The van der Waals surface area contributed by atoms with Gasteiger partial charge in [0, 0.05) is 17.4 Å². The fourth-order valence-corrected chi connectivity index (χ4v) is 2.57. The number of alkyl halides is 3. The minimum atomic E-state index is -4.65. The summed E-state index contributed by atoms with van der Waals surface area (Å²) < 4.78 is 53.8. The topological polar surface area (TPSA) is 64.0 Å². The van der Waals surface area contributed by atoms with Crippen LogP contribution in [-0.4, -0.2) is 15.7 Å². The Morgan fingerprint density at radius 2 is 1.71 bits per heavy atom. The van der Waals surface area contributed by atoms with Gasteiger partial charge in [-0.25, -0.2) is 9.07 Å². The third-order valence-electron chi connectivity index (χ3n) is 3.86. The van der Waals surface area contributed by atoms with Crippen LogP contribution in [-0.2, 0) is 6.18 Å². The monoisotopic (exact) mass is 391 g/mol. The van der Waals surface area contributed by atoms with Crippen molar-refractivity contribution in [1.29, 1.82) is 0 Å². The van der Waals surface area contributed by atoms with E-state index in [0.29, 0.717) is 0 Å². The van der Waals surface area contributed by atoms with Crippen molar-refractivity contribution in [3.05, 3.63) is 87.6 Å². The maximum atomic E-state index is 13.3. The molecule has 5 nitrogen and oxygen atoms in total. The number of benzene rings is 2. The zero-order valence-corrected chi connectivity index (χ0v) is 14.4. The summed E-state index contributed by atoms with van der Waals surface area (Å²) in [7, 11) is 0. The molecule has 0 aliphatic heterocycles. The van der Waals surface area contributed by atoms with Gasteiger partial charge in [0.15, 0.2) is 5.69 Å². The Morgan fingerprint density at radius 1 is 1.07 bits per heavy atom. The van der Waals surface area contributed by atoms with Gasteiger partial charge in [0.05, 0.1) is 11.3 Å². The fourth-order valence-electron chi connectivity index (χ4n) is 2.57. The predicted octanol–water partition coefficient (Wildman–Crippen LogP) is 3.95. The van der Waals surface area contributed by atoms with E-state index in [9.17, 15) is 27.2 Å². The molecule has 1 N–H and O–H groups in total. The first kappa shape index (κ1) is 19.3. The number of aromatic nitrogens is 2. The highest BCUT2D eigenvalue weighted by Gasteiger charge is 2.34. The molecule has 0 radical (unpaired) electrons. The number of nitrogens with one attached hydrogen (secondary N) is 1. The van der Waals surface area contributed by atoms with Crippen molar-refractivity contribution in [3.8, 4) is 5.69 Å². The quantitative estimate of drug-likeness (QED) is 0.688. The van der Waals surface area contributed by atoms with Crippen LogP contribution in [0.2, 0.25) is 0 Å². The van der Waals surface area contributed by atoms with Gasteiger partial charge in [-0.1, -0.05) is 12.1 Å². The van der Waals surface area contributed by atoms with Gasteiger partial charge in [-0.15, -0.1) is 0 Å². The number of rotatable bonds is 3. The Bertz CT molecular complexity index is 1090. The first-order chi connectivity index (χ1) is 13.2. The number of para-hydroxylation sites is 1. The van der Waals surface area contributed by atoms with E-state index in [1.54, 1.807) is 0 Å². The van der Waals surface area contributed by atoms with E-state index in [0.717, 1.165) is 28.9 Å². The maximum Gasteiger partial charge on any atom is 0.418 e. The minimum absolute atomic E-state index is 0.125. The predicted molar refractivity (Wildman–Crippen MR) is 93.9 cm³/mol. The van der Waals surface area contributed by atoms with Crippen LogP contribution in [0.3, 0.4) is 0 Å². The van der Waals surface area contributed by atoms with E-state index >= 15 is 0 Å². The van der Waals surface area contributed by atoms with Gasteiger partial charge >= 0.3 is 6.18 Å². The van der Waals surface area contributed by atoms with Crippen LogP contribution in [0, 0.1) is 12.7 Å². The van der Waals surface area contributed by atoms with Gasteiger partial charge in [0.1, 0.15) is 5.82 Å². The average molecular weight is 391 g/mol. The molecule has 0 fully saturated rings. The molecule has 1 heterocycles. The maximum absolute atomic E-state index is 13.3. The number of aryl methyl sites for hydroxylation is 1. The van der Waals surface area contributed by atoms with E-state index in [2.05, 4.69) is 10.4 Å². The lowest BCUT2D eigenvalue weighted by atomic mass is 10.1. The Hall–Kier alpha value is -3.49. The number of hydrogen-bond acceptors (Lipinski definition) is 3. The zero-order valence-electron chi connectivity index (χ0n) is 14.4. The zero-order chi connectivity index (χ0) is 20.5. The molecule has 9 heteroatoms. The van der Waals surface area contributed by atoms with Crippen molar-refractivity contribution in [2.24, 2.45) is 0 Å². The van der Waals surface area contributed by atoms with Gasteiger partial charge in [0.25, 0.3) is 5.91 Å². The summed E-state index contributed by atoms with van der Waals surface area (Å²) in [6, 6.07) is 10.5. The largest absolute Gasteiger partial charge is 0.418 e. The summed E-state index contributed by atoms with van der Waals surface area (Å²) in [6.45, 7) is 1.41. The van der Waals surface area contributed by atoms with Gasteiger partial charge in [0.2, 0.25) is 5.43 Å². The second kappa shape index (κ2) is 7.26. The van der Waals surface area contributed by atoms with Crippen LogP contribution in [0.25, 0.3) is 5.69 Å². The molecule has 3 rings (SSSR count). The molecule has 0 aliphatic carbocycles. The standard InChI is InChI=1S/C19H13F4N3O2/c1-11-10-16(27)17(18(28)24-13-8-6-12(20)7-9-13)25-26(11)15-5-3-2-4-14(15)19(21,22)23/h2-10H,1H3,(H,24,28). The summed E-state index contributed by atoms with van der Waals surface area (Å²) in [5.74, 6) is -1.44. The number of nitrogens with zero attached hydrogens (tertiary/aromatic N) is 2. The lowest BCUT2D eigenvalue weighted by Crippen LogP contribution is -2.27. The number of amides is 1. The molecule has 0 saturated heterocycles. The normalized spacial score (nSPS) is 11.3. The molecule has 2 aromatic carbocycles. The fraction of sp³-hybridized carbons (Fsp3) is 0.105. The number of halogens is 4. The molecule has 0 unspecified atom stereocenters. The van der Waals surface area contributed by atoms with E-state index in [1.807, 2.05) is 0 Å². The Kier molecular flexibility index (Phi) is 5.00. The highest BCUT2D eigenvalue weighted by Crippen LogP contribution is 2.33. The van der Waals surface area contributed by atoms with Crippen molar-refractivity contribution in [2.75, 3.05) is 5.32 Å². The Labute approximate surface area is 156 Å². The molecule has 0 spiro atoms. The van der Waals surface area contributed by atoms with E-state index < -0.39 is 34.6 Å². The second-order valence-corrected chi connectivity index (χ2v) is 5.89. The summed E-state index contributed by atoms with van der Waals surface area (Å²) in [5.41, 5.74) is -2.29. The molecule has 144 valence electrons. The third-order valence-corrected chi connectivity index (χ3v) is 3.86. The van der Waals surface area contributed by atoms with Crippen molar-refractivity contribution in [3.63, 3.8) is 0 Å². The molecule has 1 aromatic heterocycles. The first-order valence-corrected chi connectivity index (χ1v) is 8.01. The summed E-state index contributed by atoms with van der Waals surface area (Å²) in [6.07, 6.45) is -4.65. The van der Waals surface area contributed by atoms with Crippen LogP contribution < -0.4 is 10.7 Å². The van der Waals surface area contributed by atoms with Gasteiger partial charge in [-0.2, -0.15) is 18.3 Å². The van der Waals surface area contributed by atoms with Crippen LogP contribution in [0.15, 0.2) is 59.4 Å². The minimum Gasteiger partial charge on any atom is -0.320 e. The van der Waals surface area contributed by atoms with Gasteiger partial charge in [-0.05, 0) is 43.3 Å². The van der Waals surface area contributed by atoms with E-state index in [1.165, 1.54) is 37.3 Å². The number of carbonyl (C=O) groups excluding carboxylic acids is 1. The summed E-state index contributed by atoms with van der Waals surface area (Å²) in [5, 5.41) is 6.21. The smallest absolute Gasteiger partial charge is 0.320 e. The molecule has 3 aromatic rings.